The van der Waals surface area contributed by atoms with Crippen LogP contribution in [-0.4, -0.2) is 0 Å². The van der Waals surface area contributed by atoms with Crippen LogP contribution in [0.1, 0.15) is 18.3 Å². The van der Waals surface area contributed by atoms with E-state index in [4.69, 9.17) is 0 Å². The molecule has 3 rings (SSSR count). The van der Waals surface area contributed by atoms with Crippen LogP contribution in [-0.2, 0) is 0 Å². The summed E-state index contributed by atoms with van der Waals surface area (Å²) in [6, 6.07) is 13.9. The molecule has 0 amide bonds. The van der Waals surface area contributed by atoms with Gasteiger partial charge in [0, 0.05) is 17.9 Å². The highest BCUT2D eigenvalue weighted by Gasteiger charge is 2.22. The van der Waals surface area contributed by atoms with Crippen LogP contribution < -0.4 is 4.73 Å². The first-order chi connectivity index (χ1) is 10.5. The predicted molar refractivity (Wildman–Crippen MR) is 87.7 cm³/mol. The summed E-state index contributed by atoms with van der Waals surface area (Å²) in [6.45, 7) is 7.56. The van der Waals surface area contributed by atoms with Gasteiger partial charge in [0.05, 0.1) is 10.9 Å². The number of hydrogen-bond acceptors (Lipinski definition) is 1. The topological polar surface area (TPSA) is 26.9 Å². The first kappa shape index (κ1) is 14.3. The quantitative estimate of drug-likeness (QED) is 0.500. The van der Waals surface area contributed by atoms with E-state index in [2.05, 4.69) is 6.58 Å². The molecule has 0 spiro atoms. The zero-order chi connectivity index (χ0) is 15.9. The average Bonchev–Trinajstić information content (AvgIpc) is 2.51. The number of hydrogen-bond donors (Lipinski definition) is 0. The number of allylic oxidation sites excluding steroid dienone is 1. The Labute approximate surface area is 128 Å². The van der Waals surface area contributed by atoms with E-state index in [1.54, 1.807) is 19.1 Å². The van der Waals surface area contributed by atoms with Gasteiger partial charge in [0.15, 0.2) is 5.69 Å². The molecule has 0 N–H and O–H groups in total. The molecule has 22 heavy (non-hydrogen) atoms. The maximum Gasteiger partial charge on any atom is 0.227 e. The van der Waals surface area contributed by atoms with E-state index in [9.17, 15) is 9.60 Å². The molecular weight excluding hydrogens is 277 g/mol. The Bertz CT molecular complexity index is 882. The fourth-order valence-corrected chi connectivity index (χ4v) is 2.82. The lowest BCUT2D eigenvalue weighted by Gasteiger charge is -2.16. The summed E-state index contributed by atoms with van der Waals surface area (Å²) in [4.78, 5) is 0. The minimum absolute atomic E-state index is 0.299. The number of halogens is 1. The highest BCUT2D eigenvalue weighted by Crippen LogP contribution is 2.34. The van der Waals surface area contributed by atoms with Crippen molar-refractivity contribution in [3.8, 4) is 11.1 Å². The van der Waals surface area contributed by atoms with Crippen molar-refractivity contribution >= 4 is 16.3 Å². The predicted octanol–water partition coefficient (Wildman–Crippen LogP) is 4.62. The number of pyridine rings is 1. The molecule has 0 unspecified atom stereocenters. The molecule has 0 fully saturated rings. The number of benzene rings is 2. The first-order valence-corrected chi connectivity index (χ1v) is 7.07. The van der Waals surface area contributed by atoms with Crippen LogP contribution in [0.3, 0.4) is 0 Å². The van der Waals surface area contributed by atoms with E-state index in [0.717, 1.165) is 26.6 Å². The standard InChI is InChI=1S/C19H16FNO/c1-12(2)19-18(14-8-10-15(20)11-9-14)17-7-5-4-6-16(17)13(3)21(19)22/h4-11H,1H2,2-3H3. The van der Waals surface area contributed by atoms with Crippen molar-refractivity contribution in [2.24, 2.45) is 0 Å². The Morgan fingerprint density at radius 2 is 1.64 bits per heavy atom. The molecule has 3 aromatic rings. The van der Waals surface area contributed by atoms with E-state index in [-0.39, 0.29) is 5.82 Å². The summed E-state index contributed by atoms with van der Waals surface area (Å²) in [5.41, 5.74) is 3.45. The lowest BCUT2D eigenvalue weighted by molar-refractivity contribution is -0.612. The second kappa shape index (κ2) is 5.26. The van der Waals surface area contributed by atoms with Crippen LogP contribution in [0.15, 0.2) is 55.1 Å². The lowest BCUT2D eigenvalue weighted by Crippen LogP contribution is -2.35. The third-order valence-electron chi connectivity index (χ3n) is 3.87. The Balaban J connectivity index is 2.50. The van der Waals surface area contributed by atoms with E-state index in [1.165, 1.54) is 12.1 Å². The Morgan fingerprint density at radius 3 is 2.23 bits per heavy atom. The Kier molecular flexibility index (Phi) is 3.41. The van der Waals surface area contributed by atoms with Gasteiger partial charge in [-0.25, -0.2) is 4.39 Å². The maximum absolute atomic E-state index is 13.2. The van der Waals surface area contributed by atoms with Gasteiger partial charge >= 0.3 is 0 Å². The molecule has 0 aliphatic carbocycles. The van der Waals surface area contributed by atoms with Crippen molar-refractivity contribution in [3.63, 3.8) is 0 Å². The minimum atomic E-state index is -0.299. The van der Waals surface area contributed by atoms with Gasteiger partial charge in [0.2, 0.25) is 5.69 Å². The van der Waals surface area contributed by atoms with Crippen molar-refractivity contribution < 1.29 is 9.12 Å². The molecule has 110 valence electrons. The summed E-state index contributed by atoms with van der Waals surface area (Å²) in [5, 5.41) is 14.5. The minimum Gasteiger partial charge on any atom is -0.618 e. The van der Waals surface area contributed by atoms with Crippen molar-refractivity contribution in [1.82, 2.24) is 0 Å². The van der Waals surface area contributed by atoms with Crippen LogP contribution in [0.25, 0.3) is 27.5 Å². The summed E-state index contributed by atoms with van der Waals surface area (Å²) in [5.74, 6) is -0.299. The van der Waals surface area contributed by atoms with Gasteiger partial charge in [-0.2, -0.15) is 4.73 Å². The third-order valence-corrected chi connectivity index (χ3v) is 3.87. The number of aromatic nitrogens is 1. The molecule has 0 radical (unpaired) electrons. The van der Waals surface area contributed by atoms with Crippen LogP contribution in [0, 0.1) is 17.9 Å². The second-order valence-corrected chi connectivity index (χ2v) is 5.44. The molecule has 0 aliphatic heterocycles. The van der Waals surface area contributed by atoms with Gasteiger partial charge in [-0.3, -0.25) is 0 Å². The molecule has 0 saturated carbocycles. The number of aryl methyl sites for hydroxylation is 1. The molecule has 0 aliphatic rings. The maximum atomic E-state index is 13.2. The zero-order valence-electron chi connectivity index (χ0n) is 12.6. The third kappa shape index (κ3) is 2.15. The summed E-state index contributed by atoms with van der Waals surface area (Å²) < 4.78 is 14.2. The number of fused-ring (bicyclic) bond motifs is 1. The Hall–Kier alpha value is -2.68. The van der Waals surface area contributed by atoms with Crippen molar-refractivity contribution in [1.29, 1.82) is 0 Å². The molecule has 3 heteroatoms. The molecule has 0 saturated heterocycles. The Morgan fingerprint density at radius 1 is 1.05 bits per heavy atom. The fourth-order valence-electron chi connectivity index (χ4n) is 2.82. The smallest absolute Gasteiger partial charge is 0.227 e. The van der Waals surface area contributed by atoms with Gasteiger partial charge in [0.25, 0.3) is 0 Å². The number of nitrogens with zero attached hydrogens (tertiary/aromatic N) is 1. The van der Waals surface area contributed by atoms with E-state index in [1.807, 2.05) is 31.2 Å². The molecule has 1 heterocycles. The first-order valence-electron chi connectivity index (χ1n) is 7.07. The van der Waals surface area contributed by atoms with Gasteiger partial charge in [0.1, 0.15) is 5.82 Å². The van der Waals surface area contributed by atoms with Crippen LogP contribution in [0.2, 0.25) is 0 Å². The average molecular weight is 293 g/mol. The van der Waals surface area contributed by atoms with Gasteiger partial charge < -0.3 is 5.21 Å². The fraction of sp³-hybridized carbons (Fsp3) is 0.105. The monoisotopic (exact) mass is 293 g/mol. The molecule has 2 aromatic carbocycles. The van der Waals surface area contributed by atoms with Gasteiger partial charge in [-0.15, -0.1) is 0 Å². The molecule has 2 nitrogen and oxygen atoms in total. The molecule has 0 bridgehead atoms. The van der Waals surface area contributed by atoms with Crippen molar-refractivity contribution in [2.45, 2.75) is 13.8 Å². The van der Waals surface area contributed by atoms with Gasteiger partial charge in [-0.1, -0.05) is 36.9 Å². The van der Waals surface area contributed by atoms with Crippen LogP contribution in [0.4, 0.5) is 4.39 Å². The summed E-state index contributed by atoms with van der Waals surface area (Å²) >= 11 is 0. The largest absolute Gasteiger partial charge is 0.618 e. The zero-order valence-corrected chi connectivity index (χ0v) is 12.6. The second-order valence-electron chi connectivity index (χ2n) is 5.44. The summed E-state index contributed by atoms with van der Waals surface area (Å²) in [7, 11) is 0. The number of rotatable bonds is 2. The molecule has 1 aromatic heterocycles. The summed E-state index contributed by atoms with van der Waals surface area (Å²) in [6.07, 6.45) is 0. The van der Waals surface area contributed by atoms with E-state index < -0.39 is 0 Å². The highest BCUT2D eigenvalue weighted by atomic mass is 19.1. The molecule has 0 atom stereocenters. The van der Waals surface area contributed by atoms with Crippen molar-refractivity contribution in [3.05, 3.63) is 77.5 Å². The lowest BCUT2D eigenvalue weighted by atomic mass is 9.93. The normalized spacial score (nSPS) is 10.9. The van der Waals surface area contributed by atoms with Gasteiger partial charge in [-0.05, 0) is 30.7 Å². The van der Waals surface area contributed by atoms with E-state index in [0.29, 0.717) is 17.0 Å². The highest BCUT2D eigenvalue weighted by molar-refractivity contribution is 6.00. The van der Waals surface area contributed by atoms with Crippen LogP contribution >= 0.6 is 0 Å². The van der Waals surface area contributed by atoms with Crippen molar-refractivity contribution in [2.75, 3.05) is 0 Å². The van der Waals surface area contributed by atoms with E-state index >= 15 is 0 Å². The molecular formula is C19H16FNO. The van der Waals surface area contributed by atoms with Crippen LogP contribution in [0.5, 0.6) is 0 Å². The SMILES string of the molecule is C=C(C)c1c(-c2ccc(F)cc2)c2ccccc2c(C)[n+]1[O-].